The van der Waals surface area contributed by atoms with Crippen molar-refractivity contribution in [3.05, 3.63) is 65.9 Å². The molecule has 0 unspecified atom stereocenters. The first kappa shape index (κ1) is 43.9. The second kappa shape index (κ2) is 16.2. The Labute approximate surface area is 332 Å². The van der Waals surface area contributed by atoms with Gasteiger partial charge in [0.25, 0.3) is 30.4 Å². The number of methoxy groups -OCH3 is 1. The van der Waals surface area contributed by atoms with E-state index < -0.39 is 133 Å². The number of aromatic nitrogens is 3. The number of sulfone groups is 1. The SMILES string of the molecule is COc1ccc(Nc2nc(Cl)nc(Nc3cc(S(=O)(=O)O)cc4cc(S(=O)(=O)O)c(N=Nc5ccccc5S(=O)(=O)O)c(O)c34)n2)cc1S(=O)(=O)CCOS(=O)(=O)O. The van der Waals surface area contributed by atoms with Crippen molar-refractivity contribution in [3.8, 4) is 11.5 Å². The van der Waals surface area contributed by atoms with Crippen LogP contribution in [0.15, 0.2) is 90.5 Å². The van der Waals surface area contributed by atoms with E-state index in [2.05, 4.69) is 40.0 Å². The number of anilines is 4. The summed E-state index contributed by atoms with van der Waals surface area (Å²) in [5.74, 6) is -3.18. The molecule has 4 aromatic carbocycles. The minimum absolute atomic E-state index is 0.0388. The molecule has 0 fully saturated rings. The van der Waals surface area contributed by atoms with E-state index >= 15 is 0 Å². The third-order valence-electron chi connectivity index (χ3n) is 7.29. The molecule has 0 radical (unpaired) electrons. The van der Waals surface area contributed by atoms with Gasteiger partial charge in [0.1, 0.15) is 31.8 Å². The molecule has 0 atom stereocenters. The van der Waals surface area contributed by atoms with Gasteiger partial charge in [0.2, 0.25) is 17.2 Å². The molecule has 1 aromatic heterocycles. The zero-order valence-corrected chi connectivity index (χ0v) is 33.3. The molecule has 0 aliphatic carbocycles. The van der Waals surface area contributed by atoms with Crippen molar-refractivity contribution in [2.24, 2.45) is 10.2 Å². The summed E-state index contributed by atoms with van der Waals surface area (Å²) in [6.45, 7) is -0.952. The van der Waals surface area contributed by atoms with Gasteiger partial charge in [-0.05, 0) is 65.5 Å². The summed E-state index contributed by atoms with van der Waals surface area (Å²) in [6.07, 6.45) is 0. The summed E-state index contributed by atoms with van der Waals surface area (Å²) >= 11 is 6.11. The van der Waals surface area contributed by atoms with Crippen LogP contribution in [-0.4, -0.2) is 99.8 Å². The maximum absolute atomic E-state index is 13.0. The van der Waals surface area contributed by atoms with Crippen LogP contribution in [-0.2, 0) is 54.8 Å². The van der Waals surface area contributed by atoms with Crippen molar-refractivity contribution in [1.82, 2.24) is 15.0 Å². The van der Waals surface area contributed by atoms with Crippen LogP contribution in [0.5, 0.6) is 11.5 Å². The zero-order chi connectivity index (χ0) is 43.0. The van der Waals surface area contributed by atoms with Crippen molar-refractivity contribution in [2.45, 2.75) is 19.6 Å². The molecule has 0 bridgehead atoms. The van der Waals surface area contributed by atoms with Crippen molar-refractivity contribution in [2.75, 3.05) is 30.1 Å². The lowest BCUT2D eigenvalue weighted by atomic mass is 10.1. The highest BCUT2D eigenvalue weighted by Gasteiger charge is 2.27. The quantitative estimate of drug-likeness (QED) is 0.0582. The number of hydrogen-bond donors (Lipinski definition) is 7. The van der Waals surface area contributed by atoms with Gasteiger partial charge in [-0.15, -0.1) is 10.2 Å². The average molecular weight is 926 g/mol. The number of phenols is 1. The van der Waals surface area contributed by atoms with Crippen LogP contribution in [0, 0.1) is 0 Å². The van der Waals surface area contributed by atoms with Crippen LogP contribution < -0.4 is 15.4 Å². The lowest BCUT2D eigenvalue weighted by Crippen LogP contribution is -2.16. The summed E-state index contributed by atoms with van der Waals surface area (Å²) in [5.41, 5.74) is -2.10. The molecule has 0 aliphatic rings. The second-order valence-corrected chi connectivity index (χ2v) is 18.9. The summed E-state index contributed by atoms with van der Waals surface area (Å²) in [7, 11) is -23.5. The van der Waals surface area contributed by atoms with E-state index in [-0.39, 0.29) is 11.4 Å². The number of phenolic OH excluding ortho intramolecular Hbond substituents is 1. The smallest absolute Gasteiger partial charge is 0.397 e. The predicted molar refractivity (Wildman–Crippen MR) is 200 cm³/mol. The Bertz CT molecular complexity index is 3080. The molecule has 58 heavy (non-hydrogen) atoms. The van der Waals surface area contributed by atoms with Crippen molar-refractivity contribution in [3.63, 3.8) is 0 Å². The maximum atomic E-state index is 13.0. The van der Waals surface area contributed by atoms with E-state index in [0.29, 0.717) is 12.1 Å². The first-order valence-corrected chi connectivity index (χ1v) is 22.7. The van der Waals surface area contributed by atoms with Gasteiger partial charge >= 0.3 is 10.4 Å². The van der Waals surface area contributed by atoms with Crippen molar-refractivity contribution in [1.29, 1.82) is 0 Å². The fourth-order valence-corrected chi connectivity index (χ4v) is 8.60. The largest absolute Gasteiger partial charge is 0.505 e. The Morgan fingerprint density at radius 3 is 1.97 bits per heavy atom. The van der Waals surface area contributed by atoms with Gasteiger partial charge in [-0.2, -0.15) is 48.6 Å². The van der Waals surface area contributed by atoms with Gasteiger partial charge in [0.05, 0.1) is 30.1 Å². The fraction of sp³-hybridized carbons (Fsp3) is 0.107. The number of nitrogens with zero attached hydrogens (tertiary/aromatic N) is 5. The number of rotatable bonds is 15. The van der Waals surface area contributed by atoms with Gasteiger partial charge in [0.15, 0.2) is 15.6 Å². The lowest BCUT2D eigenvalue weighted by Gasteiger charge is -2.15. The Morgan fingerprint density at radius 2 is 1.36 bits per heavy atom. The van der Waals surface area contributed by atoms with Gasteiger partial charge in [-0.25, -0.2) is 12.6 Å². The van der Waals surface area contributed by atoms with E-state index in [4.69, 9.17) is 20.9 Å². The molecule has 5 aromatic rings. The highest BCUT2D eigenvalue weighted by Crippen LogP contribution is 2.46. The Morgan fingerprint density at radius 1 is 0.724 bits per heavy atom. The van der Waals surface area contributed by atoms with Gasteiger partial charge in [-0.3, -0.25) is 18.2 Å². The number of halogens is 1. The number of fused-ring (bicyclic) bond motifs is 1. The number of aromatic hydroxyl groups is 1. The van der Waals surface area contributed by atoms with Crippen LogP contribution in [0.25, 0.3) is 10.8 Å². The van der Waals surface area contributed by atoms with Gasteiger partial charge < -0.3 is 20.5 Å². The van der Waals surface area contributed by atoms with Gasteiger partial charge in [-0.1, -0.05) is 12.1 Å². The molecule has 7 N–H and O–H groups in total. The second-order valence-electron chi connectivity index (χ2n) is 11.2. The molecule has 0 saturated heterocycles. The van der Waals surface area contributed by atoms with Gasteiger partial charge in [0, 0.05) is 11.1 Å². The highest BCUT2D eigenvalue weighted by molar-refractivity contribution is 7.91. The fourth-order valence-electron chi connectivity index (χ4n) is 4.93. The van der Waals surface area contributed by atoms with Crippen LogP contribution in [0.4, 0.5) is 34.6 Å². The number of benzene rings is 4. The van der Waals surface area contributed by atoms with E-state index in [1.807, 2.05) is 0 Å². The molecular weight excluding hydrogens is 902 g/mol. The predicted octanol–water partition coefficient (Wildman–Crippen LogP) is 3.63. The minimum Gasteiger partial charge on any atom is -0.505 e. The normalized spacial score (nSPS) is 12.9. The average Bonchev–Trinajstić information content (AvgIpc) is 3.09. The Hall–Kier alpha value is -5.21. The zero-order valence-electron chi connectivity index (χ0n) is 28.5. The van der Waals surface area contributed by atoms with Crippen LogP contribution >= 0.6 is 11.6 Å². The molecule has 30 heteroatoms. The minimum atomic E-state index is -5.34. The Balaban J connectivity index is 1.62. The molecule has 1 heterocycles. The van der Waals surface area contributed by atoms with E-state index in [1.165, 1.54) is 24.3 Å². The van der Waals surface area contributed by atoms with Crippen LogP contribution in [0.3, 0.4) is 0 Å². The topological polar surface area (TPSA) is 378 Å². The van der Waals surface area contributed by atoms with Crippen LogP contribution in [0.1, 0.15) is 0 Å². The summed E-state index contributed by atoms with van der Waals surface area (Å²) < 4.78 is 168. The summed E-state index contributed by atoms with van der Waals surface area (Å²) in [6, 6.07) is 10.1. The van der Waals surface area contributed by atoms with E-state index in [0.717, 1.165) is 31.4 Å². The molecule has 0 aliphatic heterocycles. The molecule has 5 rings (SSSR count). The third kappa shape index (κ3) is 10.4. The third-order valence-corrected chi connectivity index (χ3v) is 12.2. The Kier molecular flexibility index (Phi) is 12.3. The molecule has 0 saturated carbocycles. The summed E-state index contributed by atoms with van der Waals surface area (Å²) in [4.78, 5) is 8.50. The molecule has 310 valence electrons. The number of azo groups is 1. The molecule has 0 spiro atoms. The standard InChI is InChI=1S/C28H24ClN7O17S5/c1-52-19-7-6-15(12-21(19)54(38,39)9-8-53-58(49,50)51)30-27-32-26(29)33-28(34-27)31-18-13-16(55(40,41)42)10-14-11-22(57(46,47)48)24(25(37)23(14)18)36-35-17-4-2-3-5-20(17)56(43,44)45/h2-7,10-13,37H,8-9H2,1H3,(H,40,41,42)(H,43,44,45)(H,46,47,48)(H,49,50,51)(H2,30,31,32,33,34). The number of ether oxygens (including phenoxy) is 1. The van der Waals surface area contributed by atoms with Crippen LogP contribution in [0.2, 0.25) is 5.28 Å². The monoisotopic (exact) mass is 925 g/mol. The lowest BCUT2D eigenvalue weighted by molar-refractivity contribution is 0.283. The maximum Gasteiger partial charge on any atom is 0.397 e. The van der Waals surface area contributed by atoms with E-state index in [1.54, 1.807) is 0 Å². The van der Waals surface area contributed by atoms with Crippen molar-refractivity contribution >= 4 is 108 Å². The van der Waals surface area contributed by atoms with E-state index in [9.17, 15) is 60.9 Å². The number of nitrogens with one attached hydrogen (secondary N) is 2. The summed E-state index contributed by atoms with van der Waals surface area (Å²) in [5, 5.41) is 22.3. The first-order valence-electron chi connectivity index (χ1n) is 15.0. The molecule has 24 nitrogen and oxygen atoms in total. The first-order chi connectivity index (χ1) is 26.8. The number of hydrogen-bond acceptors (Lipinski definition) is 20. The molecule has 0 amide bonds. The molecular formula is C28H24ClN7O17S5. The highest BCUT2D eigenvalue weighted by atomic mass is 35.5. The van der Waals surface area contributed by atoms with Crippen molar-refractivity contribution < 1.29 is 74.3 Å².